The Morgan fingerprint density at radius 1 is 1.33 bits per heavy atom. The Labute approximate surface area is 116 Å². The average Bonchev–Trinajstić information content (AvgIpc) is 2.26. The molecule has 3 nitrogen and oxygen atoms in total. The van der Waals surface area contributed by atoms with Gasteiger partial charge in [-0.05, 0) is 44.9 Å². The van der Waals surface area contributed by atoms with Crippen LogP contribution in [0, 0.1) is 10.8 Å². The molecule has 1 aliphatic rings. The third kappa shape index (κ3) is 3.22. The molecule has 18 heavy (non-hydrogen) atoms. The van der Waals surface area contributed by atoms with E-state index in [1.165, 1.54) is 12.8 Å². The van der Waals surface area contributed by atoms with Gasteiger partial charge in [0.15, 0.2) is 0 Å². The molecule has 0 atom stereocenters. The Morgan fingerprint density at radius 2 is 1.78 bits per heavy atom. The van der Waals surface area contributed by atoms with Crippen LogP contribution in [0.25, 0.3) is 0 Å². The fourth-order valence-electron chi connectivity index (χ4n) is 2.48. The van der Waals surface area contributed by atoms with E-state index in [9.17, 15) is 4.79 Å². The van der Waals surface area contributed by atoms with Crippen LogP contribution in [0.1, 0.15) is 53.4 Å². The number of rotatable bonds is 3. The van der Waals surface area contributed by atoms with E-state index in [-0.39, 0.29) is 10.9 Å². The molecule has 0 unspecified atom stereocenters. The minimum atomic E-state index is -0.739. The Hall–Kier alpha value is -0.640. The van der Waals surface area contributed by atoms with Gasteiger partial charge in [-0.25, -0.2) is 0 Å². The maximum absolute atomic E-state index is 12.4. The molecule has 1 fully saturated rings. The molecule has 0 spiro atoms. The summed E-state index contributed by atoms with van der Waals surface area (Å²) in [6.07, 6.45) is 4.48. The summed E-state index contributed by atoms with van der Waals surface area (Å²) in [5, 5.41) is 0. The summed E-state index contributed by atoms with van der Waals surface area (Å²) in [7, 11) is 1.88. The van der Waals surface area contributed by atoms with Crippen molar-refractivity contribution in [1.29, 1.82) is 0 Å². The van der Waals surface area contributed by atoms with Gasteiger partial charge in [0, 0.05) is 13.1 Å². The van der Waals surface area contributed by atoms with Crippen molar-refractivity contribution in [2.45, 2.75) is 59.4 Å². The van der Waals surface area contributed by atoms with Crippen LogP contribution in [0.4, 0.5) is 0 Å². The molecular formula is C14H26N2OS. The van der Waals surface area contributed by atoms with Crippen LogP contribution in [-0.4, -0.2) is 28.9 Å². The number of carbonyl (C=O) groups is 1. The van der Waals surface area contributed by atoms with Gasteiger partial charge in [-0.15, -0.1) is 0 Å². The number of nitrogens with two attached hydrogens (primary N) is 1. The van der Waals surface area contributed by atoms with Gasteiger partial charge >= 0.3 is 0 Å². The van der Waals surface area contributed by atoms with Gasteiger partial charge in [0.2, 0.25) is 5.91 Å². The van der Waals surface area contributed by atoms with E-state index in [1.54, 1.807) is 13.8 Å². The molecule has 1 saturated carbocycles. The predicted octanol–water partition coefficient (Wildman–Crippen LogP) is 2.73. The first-order valence-electron chi connectivity index (χ1n) is 6.65. The number of thiocarbonyl (C=S) groups is 1. The zero-order valence-corrected chi connectivity index (χ0v) is 13.1. The molecule has 0 aromatic carbocycles. The van der Waals surface area contributed by atoms with Gasteiger partial charge < -0.3 is 10.6 Å². The number of hydrogen-bond donors (Lipinski definition) is 1. The highest BCUT2D eigenvalue weighted by Gasteiger charge is 2.38. The maximum atomic E-state index is 12.4. The number of carbonyl (C=O) groups excluding carboxylic acids is 1. The van der Waals surface area contributed by atoms with Crippen LogP contribution in [-0.2, 0) is 4.79 Å². The minimum absolute atomic E-state index is 0.0414. The number of amides is 1. The number of hydrogen-bond acceptors (Lipinski definition) is 2. The fraction of sp³-hybridized carbons (Fsp3) is 0.857. The van der Waals surface area contributed by atoms with E-state index >= 15 is 0 Å². The van der Waals surface area contributed by atoms with Crippen molar-refractivity contribution in [3.05, 3.63) is 0 Å². The minimum Gasteiger partial charge on any atom is -0.392 e. The fourth-order valence-corrected chi connectivity index (χ4v) is 2.57. The van der Waals surface area contributed by atoms with Crippen LogP contribution in [0.2, 0.25) is 0 Å². The molecule has 0 bridgehead atoms. The molecule has 0 aromatic heterocycles. The van der Waals surface area contributed by atoms with Crippen molar-refractivity contribution in [2.75, 3.05) is 7.05 Å². The normalized spacial score (nSPS) is 20.5. The van der Waals surface area contributed by atoms with Crippen LogP contribution >= 0.6 is 12.2 Å². The average molecular weight is 270 g/mol. The monoisotopic (exact) mass is 270 g/mol. The summed E-state index contributed by atoms with van der Waals surface area (Å²) in [5.74, 6) is 0.0414. The van der Waals surface area contributed by atoms with E-state index in [1.807, 2.05) is 11.9 Å². The molecule has 2 N–H and O–H groups in total. The summed E-state index contributed by atoms with van der Waals surface area (Å²) in [5.41, 5.74) is 5.34. The second kappa shape index (κ2) is 5.16. The summed E-state index contributed by atoms with van der Waals surface area (Å²) in [6.45, 7) is 8.20. The molecule has 104 valence electrons. The lowest BCUT2D eigenvalue weighted by molar-refractivity contribution is -0.138. The van der Waals surface area contributed by atoms with Crippen molar-refractivity contribution in [3.8, 4) is 0 Å². The third-order valence-corrected chi connectivity index (χ3v) is 4.84. The second-order valence-electron chi connectivity index (χ2n) is 6.80. The zero-order chi connectivity index (χ0) is 14.1. The van der Waals surface area contributed by atoms with E-state index in [0.717, 1.165) is 12.8 Å². The molecule has 1 rings (SSSR count). The summed E-state index contributed by atoms with van der Waals surface area (Å²) in [4.78, 5) is 14.6. The highest BCUT2D eigenvalue weighted by molar-refractivity contribution is 7.80. The van der Waals surface area contributed by atoms with Gasteiger partial charge in [0.1, 0.15) is 0 Å². The van der Waals surface area contributed by atoms with Crippen LogP contribution in [0.3, 0.4) is 0 Å². The molecule has 1 amide bonds. The van der Waals surface area contributed by atoms with E-state index < -0.39 is 5.41 Å². The van der Waals surface area contributed by atoms with Crippen LogP contribution < -0.4 is 5.73 Å². The van der Waals surface area contributed by atoms with Gasteiger partial charge in [-0.1, -0.05) is 26.1 Å². The summed E-state index contributed by atoms with van der Waals surface area (Å²) in [6, 6.07) is 0.333. The zero-order valence-electron chi connectivity index (χ0n) is 12.2. The van der Waals surface area contributed by atoms with Crippen molar-refractivity contribution in [3.63, 3.8) is 0 Å². The van der Waals surface area contributed by atoms with Gasteiger partial charge in [-0.2, -0.15) is 0 Å². The first-order valence-corrected chi connectivity index (χ1v) is 7.06. The first kappa shape index (κ1) is 15.4. The Kier molecular flexibility index (Phi) is 4.42. The van der Waals surface area contributed by atoms with Crippen LogP contribution in [0.5, 0.6) is 0 Å². The highest BCUT2D eigenvalue weighted by Crippen LogP contribution is 2.37. The lowest BCUT2D eigenvalue weighted by atomic mass is 9.75. The molecule has 4 heteroatoms. The second-order valence-corrected chi connectivity index (χ2v) is 7.24. The molecular weight excluding hydrogens is 244 g/mol. The Bertz CT molecular complexity index is 340. The summed E-state index contributed by atoms with van der Waals surface area (Å²) < 4.78 is 0. The summed E-state index contributed by atoms with van der Waals surface area (Å²) >= 11 is 5.00. The van der Waals surface area contributed by atoms with E-state index in [4.69, 9.17) is 18.0 Å². The molecule has 0 saturated heterocycles. The largest absolute Gasteiger partial charge is 0.392 e. The molecule has 0 aliphatic heterocycles. The molecule has 0 aromatic rings. The SMILES string of the molecule is CN(C(=O)C(C)(C)C(N)=S)C1CCC(C)(C)CC1. The highest BCUT2D eigenvalue weighted by atomic mass is 32.1. The van der Waals surface area contributed by atoms with Gasteiger partial charge in [0.05, 0.1) is 10.4 Å². The number of nitrogens with zero attached hydrogens (tertiary/aromatic N) is 1. The standard InChI is InChI=1S/C14H26N2OS/c1-13(2)8-6-10(7-9-13)16(5)12(17)14(3,4)11(15)18/h10H,6-9H2,1-5H3,(H2,15,18). The smallest absolute Gasteiger partial charge is 0.235 e. The molecule has 0 radical (unpaired) electrons. The lowest BCUT2D eigenvalue weighted by Crippen LogP contribution is -2.50. The van der Waals surface area contributed by atoms with Crippen molar-refractivity contribution < 1.29 is 4.79 Å². The predicted molar refractivity (Wildman–Crippen MR) is 79.4 cm³/mol. The molecule has 1 aliphatic carbocycles. The lowest BCUT2D eigenvalue weighted by Gasteiger charge is -2.40. The van der Waals surface area contributed by atoms with Crippen molar-refractivity contribution >= 4 is 23.1 Å². The third-order valence-electron chi connectivity index (χ3n) is 4.33. The Balaban J connectivity index is 2.69. The maximum Gasteiger partial charge on any atom is 0.235 e. The molecule has 0 heterocycles. The van der Waals surface area contributed by atoms with Crippen molar-refractivity contribution in [2.24, 2.45) is 16.6 Å². The Morgan fingerprint density at radius 3 is 2.17 bits per heavy atom. The van der Waals surface area contributed by atoms with Crippen LogP contribution in [0.15, 0.2) is 0 Å². The van der Waals surface area contributed by atoms with Gasteiger partial charge in [-0.3, -0.25) is 4.79 Å². The van der Waals surface area contributed by atoms with E-state index in [0.29, 0.717) is 11.5 Å². The van der Waals surface area contributed by atoms with Gasteiger partial charge in [0.25, 0.3) is 0 Å². The van der Waals surface area contributed by atoms with Crippen molar-refractivity contribution in [1.82, 2.24) is 4.90 Å². The first-order chi connectivity index (χ1) is 8.08. The quantitative estimate of drug-likeness (QED) is 0.802. The van der Waals surface area contributed by atoms with E-state index in [2.05, 4.69) is 13.8 Å². The topological polar surface area (TPSA) is 46.3 Å².